The van der Waals surface area contributed by atoms with Crippen LogP contribution in [0.2, 0.25) is 0 Å². The lowest BCUT2D eigenvalue weighted by Crippen LogP contribution is -2.01. The molecule has 1 atom stereocenters. The van der Waals surface area contributed by atoms with Crippen LogP contribution in [-0.4, -0.2) is 18.3 Å². The van der Waals surface area contributed by atoms with E-state index in [1.807, 2.05) is 39.0 Å². The van der Waals surface area contributed by atoms with Crippen LogP contribution in [0.3, 0.4) is 0 Å². The molecule has 0 aliphatic carbocycles. The number of benzene rings is 1. The van der Waals surface area contributed by atoms with Crippen molar-refractivity contribution in [3.8, 4) is 11.5 Å². The lowest BCUT2D eigenvalue weighted by Gasteiger charge is -2.14. The summed E-state index contributed by atoms with van der Waals surface area (Å²) in [5, 5.41) is 9.75. The molecule has 1 aromatic carbocycles. The van der Waals surface area contributed by atoms with E-state index < -0.39 is 6.10 Å². The Morgan fingerprint density at radius 2 is 1.69 bits per heavy atom. The molecular formula is C13H20O3. The molecule has 0 spiro atoms. The summed E-state index contributed by atoms with van der Waals surface area (Å²) in [7, 11) is 0. The maximum absolute atomic E-state index is 9.75. The summed E-state index contributed by atoms with van der Waals surface area (Å²) >= 11 is 0. The zero-order valence-electron chi connectivity index (χ0n) is 10.2. The van der Waals surface area contributed by atoms with E-state index in [1.165, 1.54) is 0 Å². The summed E-state index contributed by atoms with van der Waals surface area (Å²) in [6, 6.07) is 5.58. The number of ether oxygens (including phenoxy) is 2. The second-order valence-electron chi connectivity index (χ2n) is 3.50. The topological polar surface area (TPSA) is 38.7 Å². The fourth-order valence-electron chi connectivity index (χ4n) is 1.51. The predicted molar refractivity (Wildman–Crippen MR) is 64.0 cm³/mol. The van der Waals surface area contributed by atoms with Crippen molar-refractivity contribution in [1.82, 2.24) is 0 Å². The first kappa shape index (κ1) is 12.8. The number of aliphatic hydroxyl groups excluding tert-OH is 1. The molecule has 1 aromatic rings. The summed E-state index contributed by atoms with van der Waals surface area (Å²) < 4.78 is 10.9. The fraction of sp³-hybridized carbons (Fsp3) is 0.538. The van der Waals surface area contributed by atoms with E-state index in [0.717, 1.165) is 11.3 Å². The van der Waals surface area contributed by atoms with Crippen molar-refractivity contribution in [3.05, 3.63) is 23.8 Å². The van der Waals surface area contributed by atoms with Gasteiger partial charge in [0.2, 0.25) is 0 Å². The van der Waals surface area contributed by atoms with Gasteiger partial charge in [-0.1, -0.05) is 13.0 Å². The summed E-state index contributed by atoms with van der Waals surface area (Å²) in [5.41, 5.74) is 0.870. The van der Waals surface area contributed by atoms with E-state index in [9.17, 15) is 5.11 Å². The molecule has 0 heterocycles. The van der Waals surface area contributed by atoms with Gasteiger partial charge in [0.25, 0.3) is 0 Å². The van der Waals surface area contributed by atoms with Crippen molar-refractivity contribution < 1.29 is 14.6 Å². The molecule has 0 radical (unpaired) electrons. The van der Waals surface area contributed by atoms with Gasteiger partial charge in [-0.2, -0.15) is 0 Å². The average Bonchev–Trinajstić information content (AvgIpc) is 2.31. The normalized spacial score (nSPS) is 12.2. The van der Waals surface area contributed by atoms with Crippen molar-refractivity contribution >= 4 is 0 Å². The highest BCUT2D eigenvalue weighted by atomic mass is 16.5. The first-order chi connectivity index (χ1) is 7.72. The van der Waals surface area contributed by atoms with Gasteiger partial charge in [0.1, 0.15) is 0 Å². The highest BCUT2D eigenvalue weighted by Crippen LogP contribution is 2.31. The Morgan fingerprint density at radius 1 is 1.06 bits per heavy atom. The van der Waals surface area contributed by atoms with E-state index >= 15 is 0 Å². The molecule has 90 valence electrons. The zero-order chi connectivity index (χ0) is 12.0. The zero-order valence-corrected chi connectivity index (χ0v) is 10.2. The second kappa shape index (κ2) is 6.38. The van der Waals surface area contributed by atoms with Crippen molar-refractivity contribution in [1.29, 1.82) is 0 Å². The van der Waals surface area contributed by atoms with Crippen LogP contribution in [-0.2, 0) is 0 Å². The monoisotopic (exact) mass is 224 g/mol. The van der Waals surface area contributed by atoms with Gasteiger partial charge in [-0.15, -0.1) is 0 Å². The molecule has 0 aromatic heterocycles. The van der Waals surface area contributed by atoms with Crippen molar-refractivity contribution in [2.24, 2.45) is 0 Å². The van der Waals surface area contributed by atoms with Gasteiger partial charge < -0.3 is 14.6 Å². The van der Waals surface area contributed by atoms with E-state index in [2.05, 4.69) is 0 Å². The maximum atomic E-state index is 9.75. The van der Waals surface area contributed by atoms with Crippen LogP contribution in [0.25, 0.3) is 0 Å². The quantitative estimate of drug-likeness (QED) is 0.807. The van der Waals surface area contributed by atoms with Crippen LogP contribution in [0.4, 0.5) is 0 Å². The predicted octanol–water partition coefficient (Wildman–Crippen LogP) is 2.93. The smallest absolute Gasteiger partial charge is 0.161 e. The van der Waals surface area contributed by atoms with E-state index in [1.54, 1.807) is 0 Å². The van der Waals surface area contributed by atoms with E-state index in [0.29, 0.717) is 25.4 Å². The molecule has 3 heteroatoms. The number of hydrogen-bond acceptors (Lipinski definition) is 3. The number of rotatable bonds is 6. The highest BCUT2D eigenvalue weighted by molar-refractivity contribution is 5.43. The molecule has 1 unspecified atom stereocenters. The van der Waals surface area contributed by atoms with Crippen molar-refractivity contribution in [2.75, 3.05) is 13.2 Å². The molecule has 0 aliphatic heterocycles. The summed E-state index contributed by atoms with van der Waals surface area (Å²) in [6.45, 7) is 7.01. The van der Waals surface area contributed by atoms with Gasteiger partial charge in [-0.05, 0) is 38.0 Å². The molecule has 0 saturated heterocycles. The van der Waals surface area contributed by atoms with Crippen LogP contribution in [0.15, 0.2) is 18.2 Å². The number of hydrogen-bond donors (Lipinski definition) is 1. The minimum atomic E-state index is -0.435. The Balaban J connectivity index is 2.96. The number of aliphatic hydroxyl groups is 1. The molecule has 1 rings (SSSR count). The molecule has 16 heavy (non-hydrogen) atoms. The van der Waals surface area contributed by atoms with E-state index in [-0.39, 0.29) is 0 Å². The van der Waals surface area contributed by atoms with Crippen LogP contribution >= 0.6 is 0 Å². The standard InChI is InChI=1S/C13H20O3/c1-4-11(14)10-7-8-12(15-5-2)13(9-10)16-6-3/h7-9,11,14H,4-6H2,1-3H3. The summed E-state index contributed by atoms with van der Waals surface area (Å²) in [4.78, 5) is 0. The Kier molecular flexibility index (Phi) is 5.12. The Morgan fingerprint density at radius 3 is 2.25 bits per heavy atom. The second-order valence-corrected chi connectivity index (χ2v) is 3.50. The van der Waals surface area contributed by atoms with Crippen LogP contribution in [0, 0.1) is 0 Å². The molecule has 0 aliphatic rings. The van der Waals surface area contributed by atoms with Crippen molar-refractivity contribution in [2.45, 2.75) is 33.3 Å². The molecule has 1 N–H and O–H groups in total. The molecule has 0 amide bonds. The maximum Gasteiger partial charge on any atom is 0.161 e. The van der Waals surface area contributed by atoms with Crippen molar-refractivity contribution in [3.63, 3.8) is 0 Å². The largest absolute Gasteiger partial charge is 0.490 e. The average molecular weight is 224 g/mol. The van der Waals surface area contributed by atoms with Crippen LogP contribution in [0.5, 0.6) is 11.5 Å². The van der Waals surface area contributed by atoms with Gasteiger partial charge in [0.15, 0.2) is 11.5 Å². The third kappa shape index (κ3) is 3.14. The highest BCUT2D eigenvalue weighted by Gasteiger charge is 2.10. The fourth-order valence-corrected chi connectivity index (χ4v) is 1.51. The van der Waals surface area contributed by atoms with Crippen LogP contribution < -0.4 is 9.47 Å². The third-order valence-corrected chi connectivity index (χ3v) is 2.34. The van der Waals surface area contributed by atoms with Gasteiger partial charge in [0.05, 0.1) is 19.3 Å². The molecule has 0 fully saturated rings. The molecule has 0 saturated carbocycles. The van der Waals surface area contributed by atoms with Gasteiger partial charge in [-0.3, -0.25) is 0 Å². The minimum Gasteiger partial charge on any atom is -0.490 e. The lowest BCUT2D eigenvalue weighted by atomic mass is 10.1. The Bertz CT molecular complexity index is 323. The Hall–Kier alpha value is -1.22. The SMILES string of the molecule is CCOc1ccc(C(O)CC)cc1OCC. The molecule has 3 nitrogen and oxygen atoms in total. The summed E-state index contributed by atoms with van der Waals surface area (Å²) in [6.07, 6.45) is 0.259. The lowest BCUT2D eigenvalue weighted by molar-refractivity contribution is 0.173. The van der Waals surface area contributed by atoms with Gasteiger partial charge in [0, 0.05) is 0 Å². The molecule has 0 bridgehead atoms. The first-order valence-electron chi connectivity index (χ1n) is 5.80. The first-order valence-corrected chi connectivity index (χ1v) is 5.80. The van der Waals surface area contributed by atoms with Gasteiger partial charge in [-0.25, -0.2) is 0 Å². The summed E-state index contributed by atoms with van der Waals surface area (Å²) in [5.74, 6) is 1.44. The molecular weight excluding hydrogens is 204 g/mol. The van der Waals surface area contributed by atoms with Gasteiger partial charge >= 0.3 is 0 Å². The van der Waals surface area contributed by atoms with Crippen LogP contribution in [0.1, 0.15) is 38.9 Å². The minimum absolute atomic E-state index is 0.435. The third-order valence-electron chi connectivity index (χ3n) is 2.34. The Labute approximate surface area is 97.0 Å². The van der Waals surface area contributed by atoms with E-state index in [4.69, 9.17) is 9.47 Å².